The molecule has 6 aromatic carbocycles. The quantitative estimate of drug-likeness (QED) is 0.140. The van der Waals surface area contributed by atoms with Crippen LogP contribution in [0.25, 0.3) is 49.7 Å². The Morgan fingerprint density at radius 3 is 0.935 bits per heavy atom. The third-order valence-corrected chi connectivity index (χ3v) is 16.3. The first-order valence-corrected chi connectivity index (χ1v) is 21.4. The maximum atomic E-state index is 12.4. The van der Waals surface area contributed by atoms with Gasteiger partial charge in [-0.1, -0.05) is 0 Å². The van der Waals surface area contributed by atoms with Crippen LogP contribution in [0.4, 0.5) is 0 Å². The molecule has 0 amide bonds. The van der Waals surface area contributed by atoms with Crippen LogP contribution < -0.4 is 8.92 Å². The monoisotopic (exact) mass is 796 g/mol. The van der Waals surface area contributed by atoms with Crippen molar-refractivity contribution in [2.45, 2.75) is 41.5 Å². The summed E-state index contributed by atoms with van der Waals surface area (Å²) >= 11 is -0.973. The van der Waals surface area contributed by atoms with Gasteiger partial charge in [0.05, 0.1) is 0 Å². The van der Waals surface area contributed by atoms with Crippen molar-refractivity contribution >= 4 is 90.3 Å². The zero-order valence-electron chi connectivity index (χ0n) is 27.0. The van der Waals surface area contributed by atoms with Crippen LogP contribution in [0.2, 0.25) is 0 Å². The molecule has 1 aliphatic heterocycles. The van der Waals surface area contributed by atoms with E-state index in [9.17, 15) is 3.83 Å². The maximum absolute atomic E-state index is 12.4. The van der Waals surface area contributed by atoms with Gasteiger partial charge in [0.2, 0.25) is 0 Å². The first kappa shape index (κ1) is 31.3. The van der Waals surface area contributed by atoms with Gasteiger partial charge in [0.15, 0.2) is 0 Å². The molecule has 46 heavy (non-hydrogen) atoms. The van der Waals surface area contributed by atoms with Crippen molar-refractivity contribution in [3.05, 3.63) is 143 Å². The minimum atomic E-state index is -2.01. The van der Waals surface area contributed by atoms with Gasteiger partial charge >= 0.3 is 289 Å². The second-order valence-corrected chi connectivity index (χ2v) is 20.0. The summed E-state index contributed by atoms with van der Waals surface area (Å²) in [6, 6.07) is 39.8. The summed E-state index contributed by atoms with van der Waals surface area (Å²) < 4.78 is 20.7. The van der Waals surface area contributed by atoms with E-state index >= 15 is 0 Å². The summed E-state index contributed by atoms with van der Waals surface area (Å²) in [6.07, 6.45) is 0. The van der Waals surface area contributed by atoms with E-state index in [4.69, 9.17) is 0 Å². The Bertz CT molecular complexity index is 2170. The average Bonchev–Trinajstić information content (AvgIpc) is 3.65. The Morgan fingerprint density at radius 2 is 0.630 bits per heavy atom. The van der Waals surface area contributed by atoms with Gasteiger partial charge in [0.1, 0.15) is 0 Å². The molecule has 2 aromatic heterocycles. The molecule has 0 spiro atoms. The predicted octanol–water partition coefficient (Wildman–Crippen LogP) is 9.15. The second kappa shape index (κ2) is 12.7. The standard InChI is InChI=1S/C14H12OSe.2C14H12Se/c1-9-3-5-11-12-6-4-10(2)8-14(12)16(15)13(11)7-9;2*1-9-3-5-11-12-6-4-10(2)8-14(12)15-13(11)7-9/h3-8H,1-2H3;2*3-8H,1-2H3. The van der Waals surface area contributed by atoms with E-state index < -0.39 is 13.8 Å². The Morgan fingerprint density at radius 1 is 0.370 bits per heavy atom. The van der Waals surface area contributed by atoms with Crippen LogP contribution in [0, 0.1) is 41.5 Å². The van der Waals surface area contributed by atoms with Crippen LogP contribution in [0.15, 0.2) is 109 Å². The van der Waals surface area contributed by atoms with Crippen LogP contribution in [0.5, 0.6) is 0 Å². The van der Waals surface area contributed by atoms with Crippen molar-refractivity contribution in [1.29, 1.82) is 0 Å². The number of fused-ring (bicyclic) bond motifs is 9. The summed E-state index contributed by atoms with van der Waals surface area (Å²) in [5.74, 6) is 0. The van der Waals surface area contributed by atoms with Gasteiger partial charge in [0.25, 0.3) is 0 Å². The molecule has 0 aliphatic carbocycles. The van der Waals surface area contributed by atoms with Gasteiger partial charge < -0.3 is 0 Å². The van der Waals surface area contributed by atoms with Crippen LogP contribution in [-0.4, -0.2) is 42.8 Å². The molecular formula is C42H36OSe3. The zero-order valence-corrected chi connectivity index (χ0v) is 32.2. The van der Waals surface area contributed by atoms with Crippen LogP contribution in [0.1, 0.15) is 33.4 Å². The van der Waals surface area contributed by atoms with Crippen molar-refractivity contribution in [1.82, 2.24) is 0 Å². The van der Waals surface area contributed by atoms with E-state index in [1.165, 1.54) is 66.1 Å². The molecule has 3 heterocycles. The zero-order chi connectivity index (χ0) is 32.1. The number of rotatable bonds is 0. The van der Waals surface area contributed by atoms with Crippen molar-refractivity contribution in [3.63, 3.8) is 0 Å². The van der Waals surface area contributed by atoms with E-state index in [-0.39, 0.29) is 0 Å². The molecule has 228 valence electrons. The van der Waals surface area contributed by atoms with Gasteiger partial charge in [-0.25, -0.2) is 0 Å². The van der Waals surface area contributed by atoms with E-state index in [1.807, 2.05) is 13.8 Å². The van der Waals surface area contributed by atoms with Gasteiger partial charge in [-0.15, -0.1) is 0 Å². The fourth-order valence-corrected chi connectivity index (χ4v) is 14.9. The number of aryl methyl sites for hydroxylation is 6. The second-order valence-electron chi connectivity index (χ2n) is 12.5. The van der Waals surface area contributed by atoms with Crippen molar-refractivity contribution in [3.8, 4) is 11.1 Å². The fourth-order valence-electron chi connectivity index (χ4n) is 6.11. The molecule has 0 unspecified atom stereocenters. The molecule has 0 N–H and O–H groups in total. The number of hydrogen-bond acceptors (Lipinski definition) is 1. The Hall–Kier alpha value is -3.32. The van der Waals surface area contributed by atoms with Crippen molar-refractivity contribution < 1.29 is 3.83 Å². The first-order chi connectivity index (χ1) is 22.1. The molecule has 1 nitrogen and oxygen atoms in total. The summed E-state index contributed by atoms with van der Waals surface area (Å²) in [5, 5.41) is 5.82. The normalized spacial score (nSPS) is 12.1. The predicted molar refractivity (Wildman–Crippen MR) is 203 cm³/mol. The number of benzene rings is 6. The SMILES string of the molecule is Cc1ccc2c(c1)[Se](=O)c1cc(C)ccc1-2.Cc1ccc2c(c1)[se]c1cc(C)ccc12.Cc1ccc2c(c1)[se]c1cc(C)ccc12. The molecule has 4 heteroatoms. The molecule has 0 radical (unpaired) electrons. The molecule has 9 rings (SSSR count). The molecule has 0 saturated carbocycles. The van der Waals surface area contributed by atoms with E-state index in [2.05, 4.69) is 137 Å². The van der Waals surface area contributed by atoms with Gasteiger partial charge in [-0.05, 0) is 0 Å². The third-order valence-electron chi connectivity index (χ3n) is 8.53. The molecule has 1 aliphatic rings. The molecule has 0 saturated heterocycles. The Kier molecular flexibility index (Phi) is 8.64. The molecular weight excluding hydrogens is 757 g/mol. The van der Waals surface area contributed by atoms with Crippen LogP contribution >= 0.6 is 0 Å². The Labute approximate surface area is 287 Å². The minimum absolute atomic E-state index is 0.517. The summed E-state index contributed by atoms with van der Waals surface area (Å²) in [6.45, 7) is 12.8. The van der Waals surface area contributed by atoms with E-state index in [0.29, 0.717) is 29.0 Å². The van der Waals surface area contributed by atoms with Crippen molar-refractivity contribution in [2.75, 3.05) is 0 Å². The van der Waals surface area contributed by atoms with Gasteiger partial charge in [0, 0.05) is 0 Å². The molecule has 0 bridgehead atoms. The van der Waals surface area contributed by atoms with Crippen LogP contribution in [-0.2, 0) is 3.83 Å². The summed E-state index contributed by atoms with van der Waals surface area (Å²) in [5.41, 5.74) is 10.2. The Balaban J connectivity index is 0.000000110. The van der Waals surface area contributed by atoms with Crippen LogP contribution in [0.3, 0.4) is 0 Å². The van der Waals surface area contributed by atoms with Crippen molar-refractivity contribution in [2.24, 2.45) is 0 Å². The van der Waals surface area contributed by atoms with E-state index in [0.717, 1.165) is 8.92 Å². The van der Waals surface area contributed by atoms with Gasteiger partial charge in [-0.3, -0.25) is 0 Å². The first-order valence-electron chi connectivity index (χ1n) is 15.6. The molecule has 8 aromatic rings. The summed E-state index contributed by atoms with van der Waals surface area (Å²) in [4.78, 5) is 0. The number of hydrogen-bond donors (Lipinski definition) is 0. The molecule has 0 atom stereocenters. The molecule has 0 fully saturated rings. The topological polar surface area (TPSA) is 17.1 Å². The van der Waals surface area contributed by atoms with E-state index in [1.54, 1.807) is 17.0 Å². The average molecular weight is 794 g/mol. The summed E-state index contributed by atoms with van der Waals surface area (Å²) in [7, 11) is 0. The third kappa shape index (κ3) is 6.07. The fraction of sp³-hybridized carbons (Fsp3) is 0.143. The van der Waals surface area contributed by atoms with Gasteiger partial charge in [-0.2, -0.15) is 0 Å².